The highest BCUT2D eigenvalue weighted by Gasteiger charge is 2.31. The van der Waals surface area contributed by atoms with Gasteiger partial charge in [-0.25, -0.2) is 19.2 Å². The molecule has 2 heterocycles. The second-order valence-corrected chi connectivity index (χ2v) is 8.13. The van der Waals surface area contributed by atoms with Crippen molar-refractivity contribution in [2.24, 2.45) is 0 Å². The van der Waals surface area contributed by atoms with Crippen molar-refractivity contribution in [2.75, 3.05) is 45.4 Å². The SMILES string of the molecule is COCCOC(=O)N(C)[C@@H]1CCN(c2nc(-c3c(O)cccc3F)nc3cc(C)ccc23)C1. The number of methoxy groups -OCH3 is 1. The molecule has 1 aliphatic rings. The predicted octanol–water partition coefficient (Wildman–Crippen LogP) is 3.74. The van der Waals surface area contributed by atoms with E-state index in [-0.39, 0.29) is 29.8 Å². The number of aryl methyl sites for hydroxylation is 1. The van der Waals surface area contributed by atoms with Gasteiger partial charge in [0.15, 0.2) is 5.82 Å². The number of anilines is 1. The zero-order chi connectivity index (χ0) is 23.5. The van der Waals surface area contributed by atoms with E-state index in [2.05, 4.69) is 14.9 Å². The first-order chi connectivity index (χ1) is 15.9. The summed E-state index contributed by atoms with van der Waals surface area (Å²) in [6, 6.07) is 9.89. The number of halogens is 1. The molecule has 3 aromatic rings. The summed E-state index contributed by atoms with van der Waals surface area (Å²) in [7, 11) is 3.27. The topological polar surface area (TPSA) is 88.0 Å². The number of amides is 1. The molecule has 0 unspecified atom stereocenters. The summed E-state index contributed by atoms with van der Waals surface area (Å²) < 4.78 is 24.7. The van der Waals surface area contributed by atoms with Crippen LogP contribution in [0.25, 0.3) is 22.3 Å². The van der Waals surface area contributed by atoms with Gasteiger partial charge < -0.3 is 24.4 Å². The van der Waals surface area contributed by atoms with Crippen molar-refractivity contribution in [3.8, 4) is 17.1 Å². The van der Waals surface area contributed by atoms with Gasteiger partial charge in [0.25, 0.3) is 0 Å². The van der Waals surface area contributed by atoms with E-state index in [4.69, 9.17) is 9.47 Å². The van der Waals surface area contributed by atoms with Gasteiger partial charge in [0.1, 0.15) is 24.0 Å². The first-order valence-corrected chi connectivity index (χ1v) is 10.8. The maximum atomic E-state index is 14.6. The molecule has 1 aliphatic heterocycles. The summed E-state index contributed by atoms with van der Waals surface area (Å²) in [5.74, 6) is -0.0487. The molecule has 1 N–H and O–H groups in total. The van der Waals surface area contributed by atoms with Crippen LogP contribution in [0.1, 0.15) is 12.0 Å². The van der Waals surface area contributed by atoms with E-state index in [0.717, 1.165) is 17.4 Å². The Morgan fingerprint density at radius 1 is 1.27 bits per heavy atom. The lowest BCUT2D eigenvalue weighted by molar-refractivity contribution is 0.0702. The fourth-order valence-corrected chi connectivity index (χ4v) is 4.02. The number of likely N-dealkylation sites (N-methyl/N-ethyl adjacent to an activating group) is 1. The third-order valence-electron chi connectivity index (χ3n) is 5.86. The molecule has 33 heavy (non-hydrogen) atoms. The van der Waals surface area contributed by atoms with Crippen molar-refractivity contribution < 1.29 is 23.8 Å². The largest absolute Gasteiger partial charge is 0.507 e. The van der Waals surface area contributed by atoms with E-state index in [9.17, 15) is 14.3 Å². The Balaban J connectivity index is 1.67. The van der Waals surface area contributed by atoms with Crippen LogP contribution in [0.2, 0.25) is 0 Å². The molecule has 0 bridgehead atoms. The zero-order valence-corrected chi connectivity index (χ0v) is 18.9. The minimum absolute atomic E-state index is 0.0308. The molecule has 1 amide bonds. The number of carbonyl (C=O) groups is 1. The third kappa shape index (κ3) is 4.68. The van der Waals surface area contributed by atoms with E-state index >= 15 is 0 Å². The van der Waals surface area contributed by atoms with E-state index in [1.54, 1.807) is 19.1 Å². The van der Waals surface area contributed by atoms with Crippen molar-refractivity contribution in [2.45, 2.75) is 19.4 Å². The van der Waals surface area contributed by atoms with Crippen LogP contribution >= 0.6 is 0 Å². The lowest BCUT2D eigenvalue weighted by Crippen LogP contribution is -2.39. The highest BCUT2D eigenvalue weighted by atomic mass is 19.1. The average molecular weight is 455 g/mol. The Bertz CT molecular complexity index is 1150. The molecule has 4 rings (SSSR count). The molecule has 0 saturated carbocycles. The van der Waals surface area contributed by atoms with Gasteiger partial charge in [0, 0.05) is 32.6 Å². The molecular weight excluding hydrogens is 427 g/mol. The number of phenols is 1. The molecular formula is C24H27FN4O4. The predicted molar refractivity (Wildman–Crippen MR) is 123 cm³/mol. The van der Waals surface area contributed by atoms with Crippen LogP contribution in [0.4, 0.5) is 15.0 Å². The lowest BCUT2D eigenvalue weighted by atomic mass is 10.1. The minimum Gasteiger partial charge on any atom is -0.507 e. The van der Waals surface area contributed by atoms with Gasteiger partial charge in [-0.1, -0.05) is 12.1 Å². The average Bonchev–Trinajstić information content (AvgIpc) is 3.28. The number of benzene rings is 2. The second-order valence-electron chi connectivity index (χ2n) is 8.13. The summed E-state index contributed by atoms with van der Waals surface area (Å²) in [5.41, 5.74) is 1.64. The Morgan fingerprint density at radius 3 is 2.85 bits per heavy atom. The number of aromatic hydroxyl groups is 1. The standard InChI is InChI=1S/C24H27FN4O4/c1-15-7-8-17-19(13-15)26-22(21-18(25)5-4-6-20(21)30)27-23(17)29-10-9-16(14-29)28(2)24(31)33-12-11-32-3/h4-8,13,16,30H,9-12,14H2,1-3H3/t16-/m1/s1. The molecule has 174 valence electrons. The summed E-state index contributed by atoms with van der Waals surface area (Å²) in [4.78, 5) is 25.2. The van der Waals surface area contributed by atoms with Crippen molar-refractivity contribution in [3.05, 3.63) is 47.8 Å². The van der Waals surface area contributed by atoms with Gasteiger partial charge in [0.05, 0.1) is 23.7 Å². The molecule has 8 nitrogen and oxygen atoms in total. The van der Waals surface area contributed by atoms with Crippen LogP contribution in [-0.4, -0.2) is 72.6 Å². The van der Waals surface area contributed by atoms with Crippen molar-refractivity contribution >= 4 is 22.8 Å². The molecule has 1 atom stereocenters. The molecule has 2 aromatic carbocycles. The van der Waals surface area contributed by atoms with Gasteiger partial charge in [-0.3, -0.25) is 0 Å². The van der Waals surface area contributed by atoms with Gasteiger partial charge in [-0.05, 0) is 43.2 Å². The van der Waals surface area contributed by atoms with Crippen LogP contribution in [0.3, 0.4) is 0 Å². The number of rotatable bonds is 6. The molecule has 0 aliphatic carbocycles. The Hall–Kier alpha value is -3.46. The van der Waals surface area contributed by atoms with Crippen LogP contribution in [-0.2, 0) is 9.47 Å². The quantitative estimate of drug-likeness (QED) is 0.568. The van der Waals surface area contributed by atoms with E-state index < -0.39 is 11.9 Å². The van der Waals surface area contributed by atoms with E-state index in [1.807, 2.05) is 25.1 Å². The fourth-order valence-electron chi connectivity index (χ4n) is 4.02. The highest BCUT2D eigenvalue weighted by Crippen LogP contribution is 2.35. The molecule has 0 spiro atoms. The zero-order valence-electron chi connectivity index (χ0n) is 18.9. The fraction of sp³-hybridized carbons (Fsp3) is 0.375. The number of hydrogen-bond acceptors (Lipinski definition) is 7. The third-order valence-corrected chi connectivity index (χ3v) is 5.86. The summed E-state index contributed by atoms with van der Waals surface area (Å²) in [6.07, 6.45) is 0.326. The summed E-state index contributed by atoms with van der Waals surface area (Å²) in [6.45, 7) is 3.69. The molecule has 0 radical (unpaired) electrons. The van der Waals surface area contributed by atoms with Gasteiger partial charge in [0.2, 0.25) is 0 Å². The van der Waals surface area contributed by atoms with Crippen LogP contribution in [0.5, 0.6) is 5.75 Å². The molecule has 9 heteroatoms. The molecule has 1 saturated heterocycles. The first-order valence-electron chi connectivity index (χ1n) is 10.8. The number of fused-ring (bicyclic) bond motifs is 1. The maximum Gasteiger partial charge on any atom is 0.409 e. The number of nitrogens with zero attached hydrogens (tertiary/aromatic N) is 4. The highest BCUT2D eigenvalue weighted by molar-refractivity contribution is 5.92. The van der Waals surface area contributed by atoms with Crippen LogP contribution < -0.4 is 4.90 Å². The van der Waals surface area contributed by atoms with E-state index in [1.165, 1.54) is 18.2 Å². The van der Waals surface area contributed by atoms with Crippen LogP contribution in [0.15, 0.2) is 36.4 Å². The monoisotopic (exact) mass is 454 g/mol. The number of ether oxygens (including phenoxy) is 2. The number of phenolic OH excluding ortho intramolecular Hbond substituents is 1. The molecule has 1 aromatic heterocycles. The van der Waals surface area contributed by atoms with Crippen LogP contribution in [0, 0.1) is 12.7 Å². The number of hydrogen-bond donors (Lipinski definition) is 1. The second kappa shape index (κ2) is 9.58. The van der Waals surface area contributed by atoms with Crippen molar-refractivity contribution in [3.63, 3.8) is 0 Å². The first kappa shape index (κ1) is 22.7. The Morgan fingerprint density at radius 2 is 2.09 bits per heavy atom. The normalized spacial score (nSPS) is 15.8. The Kier molecular flexibility index (Phi) is 6.60. The van der Waals surface area contributed by atoms with Crippen molar-refractivity contribution in [1.82, 2.24) is 14.9 Å². The summed E-state index contributed by atoms with van der Waals surface area (Å²) >= 11 is 0. The van der Waals surface area contributed by atoms with Gasteiger partial charge in [-0.15, -0.1) is 0 Å². The number of aromatic nitrogens is 2. The lowest BCUT2D eigenvalue weighted by Gasteiger charge is -2.25. The maximum absolute atomic E-state index is 14.6. The number of carbonyl (C=O) groups excluding carboxylic acids is 1. The minimum atomic E-state index is -0.592. The van der Waals surface area contributed by atoms with Gasteiger partial charge in [-0.2, -0.15) is 0 Å². The van der Waals surface area contributed by atoms with Crippen molar-refractivity contribution in [1.29, 1.82) is 0 Å². The van der Waals surface area contributed by atoms with Gasteiger partial charge >= 0.3 is 6.09 Å². The summed E-state index contributed by atoms with van der Waals surface area (Å²) in [5, 5.41) is 11.1. The molecule has 1 fully saturated rings. The van der Waals surface area contributed by atoms with E-state index in [0.29, 0.717) is 31.0 Å². The Labute approximate surface area is 191 Å². The smallest absolute Gasteiger partial charge is 0.409 e.